The van der Waals surface area contributed by atoms with Crippen molar-refractivity contribution in [1.82, 2.24) is 10.2 Å². The Balaban J connectivity index is 1.75. The number of hydrogen-bond donors (Lipinski definition) is 2. The molecule has 23 heavy (non-hydrogen) atoms. The van der Waals surface area contributed by atoms with Crippen LogP contribution in [0.4, 0.5) is 4.79 Å². The van der Waals surface area contributed by atoms with E-state index in [9.17, 15) is 9.59 Å². The first-order chi connectivity index (χ1) is 11.1. The minimum absolute atomic E-state index is 0.184. The first kappa shape index (κ1) is 17.1. The average molecular weight is 315 g/mol. The molecule has 0 saturated carbocycles. The van der Waals surface area contributed by atoms with Gasteiger partial charge in [-0.25, -0.2) is 4.79 Å². The SMILES string of the molecule is Cc1ccc(C2=CCN(C(=O)CCCCNC(N)=O)CC2)cc1. The van der Waals surface area contributed by atoms with E-state index in [0.29, 0.717) is 19.5 Å². The van der Waals surface area contributed by atoms with E-state index in [-0.39, 0.29) is 5.91 Å². The number of carbonyl (C=O) groups excluding carboxylic acids is 2. The van der Waals surface area contributed by atoms with E-state index in [0.717, 1.165) is 25.8 Å². The number of nitrogens with zero attached hydrogens (tertiary/aromatic N) is 1. The molecule has 5 nitrogen and oxygen atoms in total. The zero-order valence-corrected chi connectivity index (χ0v) is 13.7. The molecule has 2 rings (SSSR count). The van der Waals surface area contributed by atoms with Crippen molar-refractivity contribution in [3.05, 3.63) is 41.5 Å². The van der Waals surface area contributed by atoms with Gasteiger partial charge in [-0.3, -0.25) is 4.79 Å². The van der Waals surface area contributed by atoms with E-state index in [1.165, 1.54) is 16.7 Å². The molecule has 0 atom stereocenters. The van der Waals surface area contributed by atoms with Crippen LogP contribution in [0, 0.1) is 6.92 Å². The summed E-state index contributed by atoms with van der Waals surface area (Å²) in [6.07, 6.45) is 5.12. The van der Waals surface area contributed by atoms with Crippen molar-refractivity contribution in [2.24, 2.45) is 5.73 Å². The highest BCUT2D eigenvalue weighted by molar-refractivity contribution is 5.78. The number of amides is 3. The molecule has 1 aromatic rings. The fraction of sp³-hybridized carbons (Fsp3) is 0.444. The Morgan fingerprint density at radius 1 is 1.22 bits per heavy atom. The molecule has 0 aromatic heterocycles. The largest absolute Gasteiger partial charge is 0.352 e. The van der Waals surface area contributed by atoms with E-state index in [1.807, 2.05) is 4.90 Å². The molecule has 1 aromatic carbocycles. The minimum Gasteiger partial charge on any atom is -0.352 e. The maximum Gasteiger partial charge on any atom is 0.312 e. The predicted molar refractivity (Wildman–Crippen MR) is 91.8 cm³/mol. The molecule has 0 unspecified atom stereocenters. The summed E-state index contributed by atoms with van der Waals surface area (Å²) in [5, 5.41) is 2.53. The summed E-state index contributed by atoms with van der Waals surface area (Å²) in [5.74, 6) is 0.184. The van der Waals surface area contributed by atoms with E-state index >= 15 is 0 Å². The van der Waals surface area contributed by atoms with Gasteiger partial charge in [0, 0.05) is 26.1 Å². The van der Waals surface area contributed by atoms with E-state index < -0.39 is 6.03 Å². The van der Waals surface area contributed by atoms with Crippen molar-refractivity contribution in [2.45, 2.75) is 32.6 Å². The number of aryl methyl sites for hydroxylation is 1. The van der Waals surface area contributed by atoms with Crippen molar-refractivity contribution in [3.8, 4) is 0 Å². The summed E-state index contributed by atoms with van der Waals surface area (Å²) in [6.45, 7) is 4.07. The summed E-state index contributed by atoms with van der Waals surface area (Å²) in [4.78, 5) is 24.6. The van der Waals surface area contributed by atoms with Gasteiger partial charge in [-0.05, 0) is 37.3 Å². The number of unbranched alkanes of at least 4 members (excludes halogenated alkanes) is 1. The normalized spacial score (nSPS) is 14.3. The van der Waals surface area contributed by atoms with Gasteiger partial charge in [0.15, 0.2) is 0 Å². The van der Waals surface area contributed by atoms with Crippen molar-refractivity contribution in [1.29, 1.82) is 0 Å². The van der Waals surface area contributed by atoms with Crippen LogP contribution in [0.15, 0.2) is 30.3 Å². The van der Waals surface area contributed by atoms with Crippen molar-refractivity contribution >= 4 is 17.5 Å². The number of hydrogen-bond acceptors (Lipinski definition) is 2. The molecule has 5 heteroatoms. The Labute approximate surface area is 137 Å². The van der Waals surface area contributed by atoms with Gasteiger partial charge in [0.1, 0.15) is 0 Å². The van der Waals surface area contributed by atoms with Crippen molar-refractivity contribution in [3.63, 3.8) is 0 Å². The quantitative estimate of drug-likeness (QED) is 0.791. The Bertz CT molecular complexity index is 578. The Morgan fingerprint density at radius 2 is 1.96 bits per heavy atom. The molecule has 0 fully saturated rings. The third-order valence-electron chi connectivity index (χ3n) is 4.10. The fourth-order valence-electron chi connectivity index (χ4n) is 2.70. The third kappa shape index (κ3) is 5.43. The monoisotopic (exact) mass is 315 g/mol. The number of primary amides is 1. The lowest BCUT2D eigenvalue weighted by atomic mass is 9.98. The number of nitrogens with two attached hydrogens (primary N) is 1. The van der Waals surface area contributed by atoms with Crippen molar-refractivity contribution in [2.75, 3.05) is 19.6 Å². The molecule has 1 heterocycles. The van der Waals surface area contributed by atoms with Gasteiger partial charge in [0.25, 0.3) is 0 Å². The van der Waals surface area contributed by atoms with Crippen LogP contribution in [0.5, 0.6) is 0 Å². The topological polar surface area (TPSA) is 75.4 Å². The van der Waals surface area contributed by atoms with Gasteiger partial charge < -0.3 is 16.0 Å². The smallest absolute Gasteiger partial charge is 0.312 e. The number of urea groups is 1. The van der Waals surface area contributed by atoms with Crippen LogP contribution in [0.1, 0.15) is 36.8 Å². The van der Waals surface area contributed by atoms with E-state index in [2.05, 4.69) is 42.6 Å². The highest BCUT2D eigenvalue weighted by atomic mass is 16.2. The van der Waals surface area contributed by atoms with Gasteiger partial charge in [0.05, 0.1) is 0 Å². The minimum atomic E-state index is -0.513. The third-order valence-corrected chi connectivity index (χ3v) is 4.10. The van der Waals surface area contributed by atoms with Crippen LogP contribution in [0.2, 0.25) is 0 Å². The van der Waals surface area contributed by atoms with E-state index in [1.54, 1.807) is 0 Å². The molecule has 1 aliphatic heterocycles. The van der Waals surface area contributed by atoms with Crippen LogP contribution < -0.4 is 11.1 Å². The highest BCUT2D eigenvalue weighted by Gasteiger charge is 2.17. The number of benzene rings is 1. The Morgan fingerprint density at radius 3 is 2.57 bits per heavy atom. The van der Waals surface area contributed by atoms with Gasteiger partial charge in [-0.2, -0.15) is 0 Å². The lowest BCUT2D eigenvalue weighted by Crippen LogP contribution is -2.34. The molecule has 0 bridgehead atoms. The van der Waals surface area contributed by atoms with Crippen LogP contribution in [-0.4, -0.2) is 36.5 Å². The number of rotatable bonds is 6. The standard InChI is InChI=1S/C18H25N3O2/c1-14-5-7-15(8-6-14)16-9-12-21(13-10-16)17(22)4-2-3-11-20-18(19)23/h5-9H,2-4,10-13H2,1H3,(H3,19,20,23). The van der Waals surface area contributed by atoms with Crippen LogP contribution in [-0.2, 0) is 4.79 Å². The molecular formula is C18H25N3O2. The predicted octanol–water partition coefficient (Wildman–Crippen LogP) is 2.45. The first-order valence-corrected chi connectivity index (χ1v) is 8.13. The summed E-state index contributed by atoms with van der Waals surface area (Å²) >= 11 is 0. The van der Waals surface area contributed by atoms with Gasteiger partial charge in [0.2, 0.25) is 5.91 Å². The summed E-state index contributed by atoms with van der Waals surface area (Å²) < 4.78 is 0. The van der Waals surface area contributed by atoms with Gasteiger partial charge in [-0.15, -0.1) is 0 Å². The Kier molecular flexibility index (Phi) is 6.20. The molecule has 0 radical (unpaired) electrons. The highest BCUT2D eigenvalue weighted by Crippen LogP contribution is 2.23. The van der Waals surface area contributed by atoms with E-state index in [4.69, 9.17) is 5.73 Å². The average Bonchev–Trinajstić information content (AvgIpc) is 2.55. The second-order valence-electron chi connectivity index (χ2n) is 5.93. The zero-order chi connectivity index (χ0) is 16.7. The summed E-state index contributed by atoms with van der Waals surface area (Å²) in [5.41, 5.74) is 8.82. The van der Waals surface area contributed by atoms with Crippen LogP contribution in [0.25, 0.3) is 5.57 Å². The van der Waals surface area contributed by atoms with Crippen LogP contribution in [0.3, 0.4) is 0 Å². The summed E-state index contributed by atoms with van der Waals surface area (Å²) in [6, 6.07) is 8.01. The Hall–Kier alpha value is -2.30. The molecular weight excluding hydrogens is 290 g/mol. The fourth-order valence-corrected chi connectivity index (χ4v) is 2.70. The molecule has 3 amide bonds. The molecule has 0 aliphatic carbocycles. The second kappa shape index (κ2) is 8.36. The zero-order valence-electron chi connectivity index (χ0n) is 13.7. The van der Waals surface area contributed by atoms with Gasteiger partial charge >= 0.3 is 6.03 Å². The molecule has 1 aliphatic rings. The lowest BCUT2D eigenvalue weighted by Gasteiger charge is -2.27. The van der Waals surface area contributed by atoms with Gasteiger partial charge in [-0.1, -0.05) is 35.9 Å². The molecule has 124 valence electrons. The molecule has 0 spiro atoms. The second-order valence-corrected chi connectivity index (χ2v) is 5.93. The molecule has 3 N–H and O–H groups in total. The lowest BCUT2D eigenvalue weighted by molar-refractivity contribution is -0.130. The van der Waals surface area contributed by atoms with Crippen molar-refractivity contribution < 1.29 is 9.59 Å². The maximum atomic E-state index is 12.2. The number of nitrogens with one attached hydrogen (secondary N) is 1. The maximum absolute atomic E-state index is 12.2. The van der Waals surface area contributed by atoms with Crippen LogP contribution >= 0.6 is 0 Å². The summed E-state index contributed by atoms with van der Waals surface area (Å²) in [7, 11) is 0. The molecule has 0 saturated heterocycles. The number of carbonyl (C=O) groups is 2. The first-order valence-electron chi connectivity index (χ1n) is 8.13.